The Morgan fingerprint density at radius 1 is 0.944 bits per heavy atom. The van der Waals surface area contributed by atoms with E-state index < -0.39 is 10.1 Å². The van der Waals surface area contributed by atoms with Crippen LogP contribution in [0.3, 0.4) is 0 Å². The Morgan fingerprint density at radius 3 is 2.17 bits per heavy atom. The first-order valence-corrected chi connectivity index (χ1v) is 6.94. The molecule has 0 aliphatic carbocycles. The molecule has 0 saturated carbocycles. The molecule has 0 aliphatic rings. The molecule has 0 unspecified atom stereocenters. The molecule has 2 rings (SSSR count). The fourth-order valence-electron chi connectivity index (χ4n) is 1.47. The Bertz CT molecular complexity index is 606. The SMILES string of the molecule is Nc1ccc(CS(=O)(=O)Oc2ccccc2)cc1. The van der Waals surface area contributed by atoms with Gasteiger partial charge in [-0.25, -0.2) is 0 Å². The fourth-order valence-corrected chi connectivity index (χ4v) is 2.53. The number of anilines is 1. The van der Waals surface area contributed by atoms with E-state index in [1.54, 1.807) is 54.6 Å². The monoisotopic (exact) mass is 263 g/mol. The molecule has 0 saturated heterocycles. The lowest BCUT2D eigenvalue weighted by Gasteiger charge is -2.07. The van der Waals surface area contributed by atoms with Crippen LogP contribution in [0.1, 0.15) is 5.56 Å². The summed E-state index contributed by atoms with van der Waals surface area (Å²) in [5, 5.41) is 0. The van der Waals surface area contributed by atoms with Crippen LogP contribution in [0, 0.1) is 0 Å². The molecule has 94 valence electrons. The van der Waals surface area contributed by atoms with E-state index in [4.69, 9.17) is 9.92 Å². The van der Waals surface area contributed by atoms with E-state index in [2.05, 4.69) is 0 Å². The van der Waals surface area contributed by atoms with Gasteiger partial charge in [-0.1, -0.05) is 30.3 Å². The van der Waals surface area contributed by atoms with E-state index in [0.717, 1.165) is 0 Å². The summed E-state index contributed by atoms with van der Waals surface area (Å²) in [6, 6.07) is 15.1. The third kappa shape index (κ3) is 3.49. The van der Waals surface area contributed by atoms with Gasteiger partial charge in [0, 0.05) is 5.69 Å². The van der Waals surface area contributed by atoms with E-state index in [9.17, 15) is 8.42 Å². The zero-order chi connectivity index (χ0) is 13.0. The molecule has 0 radical (unpaired) electrons. The maximum absolute atomic E-state index is 11.8. The van der Waals surface area contributed by atoms with Crippen LogP contribution in [-0.4, -0.2) is 8.42 Å². The molecule has 0 bridgehead atoms. The average molecular weight is 263 g/mol. The lowest BCUT2D eigenvalue weighted by atomic mass is 10.2. The molecule has 2 N–H and O–H groups in total. The number of para-hydroxylation sites is 1. The maximum atomic E-state index is 11.8. The number of hydrogen-bond donors (Lipinski definition) is 1. The first-order valence-electron chi connectivity index (χ1n) is 5.37. The third-order valence-electron chi connectivity index (χ3n) is 2.29. The highest BCUT2D eigenvalue weighted by Crippen LogP contribution is 2.15. The number of rotatable bonds is 4. The van der Waals surface area contributed by atoms with E-state index in [-0.39, 0.29) is 5.75 Å². The van der Waals surface area contributed by atoms with Gasteiger partial charge in [-0.05, 0) is 29.8 Å². The van der Waals surface area contributed by atoms with Crippen LogP contribution < -0.4 is 9.92 Å². The minimum absolute atomic E-state index is 0.178. The van der Waals surface area contributed by atoms with Crippen LogP contribution in [0.2, 0.25) is 0 Å². The van der Waals surface area contributed by atoms with Crippen molar-refractivity contribution in [2.45, 2.75) is 5.75 Å². The fraction of sp³-hybridized carbons (Fsp3) is 0.0769. The molecule has 0 amide bonds. The van der Waals surface area contributed by atoms with Crippen molar-refractivity contribution in [2.75, 3.05) is 5.73 Å². The van der Waals surface area contributed by atoms with Crippen molar-refractivity contribution in [1.29, 1.82) is 0 Å². The highest BCUT2D eigenvalue weighted by Gasteiger charge is 2.13. The Hall–Kier alpha value is -2.01. The molecule has 2 aromatic rings. The zero-order valence-corrected chi connectivity index (χ0v) is 10.4. The van der Waals surface area contributed by atoms with Crippen LogP contribution in [-0.2, 0) is 15.9 Å². The Morgan fingerprint density at radius 2 is 1.56 bits per heavy atom. The summed E-state index contributed by atoms with van der Waals surface area (Å²) in [7, 11) is -3.64. The first kappa shape index (κ1) is 12.4. The predicted octanol–water partition coefficient (Wildman–Crippen LogP) is 2.18. The van der Waals surface area contributed by atoms with Crippen LogP contribution in [0.4, 0.5) is 5.69 Å². The summed E-state index contributed by atoms with van der Waals surface area (Å²) in [5.41, 5.74) is 6.77. The molecular weight excluding hydrogens is 250 g/mol. The van der Waals surface area contributed by atoms with Crippen molar-refractivity contribution in [3.05, 3.63) is 60.2 Å². The summed E-state index contributed by atoms with van der Waals surface area (Å²) >= 11 is 0. The summed E-state index contributed by atoms with van der Waals surface area (Å²) < 4.78 is 28.6. The van der Waals surface area contributed by atoms with Crippen LogP contribution in [0.5, 0.6) is 5.75 Å². The Kier molecular flexibility index (Phi) is 3.53. The number of benzene rings is 2. The van der Waals surface area contributed by atoms with Crippen molar-refractivity contribution in [3.63, 3.8) is 0 Å². The van der Waals surface area contributed by atoms with Gasteiger partial charge in [0.25, 0.3) is 0 Å². The molecule has 0 aliphatic heterocycles. The van der Waals surface area contributed by atoms with E-state index in [1.165, 1.54) is 0 Å². The first-order chi connectivity index (χ1) is 8.55. The maximum Gasteiger partial charge on any atom is 0.313 e. The lowest BCUT2D eigenvalue weighted by Crippen LogP contribution is -2.12. The van der Waals surface area contributed by atoms with Gasteiger partial charge in [-0.15, -0.1) is 0 Å². The van der Waals surface area contributed by atoms with E-state index >= 15 is 0 Å². The molecular formula is C13H13NO3S. The molecule has 5 heteroatoms. The highest BCUT2D eigenvalue weighted by atomic mass is 32.2. The largest absolute Gasteiger partial charge is 0.399 e. The highest BCUT2D eigenvalue weighted by molar-refractivity contribution is 7.86. The molecule has 0 heterocycles. The van der Waals surface area contributed by atoms with Crippen molar-refractivity contribution < 1.29 is 12.6 Å². The molecule has 0 atom stereocenters. The number of hydrogen-bond acceptors (Lipinski definition) is 4. The standard InChI is InChI=1S/C13H13NO3S/c14-12-8-6-11(7-9-12)10-18(15,16)17-13-4-2-1-3-5-13/h1-9H,10,14H2. The minimum Gasteiger partial charge on any atom is -0.399 e. The average Bonchev–Trinajstić information content (AvgIpc) is 2.32. The normalized spacial score (nSPS) is 11.1. The second-order valence-electron chi connectivity index (χ2n) is 3.84. The molecule has 4 nitrogen and oxygen atoms in total. The molecule has 2 aromatic carbocycles. The van der Waals surface area contributed by atoms with Gasteiger partial charge in [0.1, 0.15) is 11.5 Å². The summed E-state index contributed by atoms with van der Waals surface area (Å²) in [4.78, 5) is 0. The smallest absolute Gasteiger partial charge is 0.313 e. The van der Waals surface area contributed by atoms with E-state index in [0.29, 0.717) is 17.0 Å². The molecule has 0 spiro atoms. The van der Waals surface area contributed by atoms with Crippen molar-refractivity contribution in [1.82, 2.24) is 0 Å². The Balaban J connectivity index is 2.10. The molecule has 0 aromatic heterocycles. The summed E-state index contributed by atoms with van der Waals surface area (Å²) in [6.07, 6.45) is 0. The number of nitrogens with two attached hydrogens (primary N) is 1. The van der Waals surface area contributed by atoms with E-state index in [1.807, 2.05) is 0 Å². The van der Waals surface area contributed by atoms with Gasteiger partial charge in [0.15, 0.2) is 0 Å². The lowest BCUT2D eigenvalue weighted by molar-refractivity contribution is 0.485. The zero-order valence-electron chi connectivity index (χ0n) is 9.61. The summed E-state index contributed by atoms with van der Waals surface area (Å²) in [5.74, 6) is 0.135. The Labute approximate surface area is 106 Å². The van der Waals surface area contributed by atoms with Gasteiger partial charge in [0.05, 0.1) is 0 Å². The third-order valence-corrected chi connectivity index (χ3v) is 3.42. The number of nitrogen functional groups attached to an aromatic ring is 1. The predicted molar refractivity (Wildman–Crippen MR) is 70.5 cm³/mol. The van der Waals surface area contributed by atoms with Crippen LogP contribution in [0.15, 0.2) is 54.6 Å². The van der Waals surface area contributed by atoms with Crippen molar-refractivity contribution in [2.24, 2.45) is 0 Å². The quantitative estimate of drug-likeness (QED) is 0.678. The second-order valence-corrected chi connectivity index (χ2v) is 5.41. The van der Waals surface area contributed by atoms with Crippen molar-refractivity contribution >= 4 is 15.8 Å². The topological polar surface area (TPSA) is 69.4 Å². The van der Waals surface area contributed by atoms with Gasteiger partial charge >= 0.3 is 10.1 Å². The van der Waals surface area contributed by atoms with Gasteiger partial charge < -0.3 is 9.92 Å². The van der Waals surface area contributed by atoms with Gasteiger partial charge in [-0.3, -0.25) is 0 Å². The van der Waals surface area contributed by atoms with Gasteiger partial charge in [0.2, 0.25) is 0 Å². The second kappa shape index (κ2) is 5.10. The summed E-state index contributed by atoms with van der Waals surface area (Å²) in [6.45, 7) is 0. The minimum atomic E-state index is -3.64. The van der Waals surface area contributed by atoms with Crippen LogP contribution in [0.25, 0.3) is 0 Å². The molecule has 18 heavy (non-hydrogen) atoms. The molecule has 0 fully saturated rings. The van der Waals surface area contributed by atoms with Gasteiger partial charge in [-0.2, -0.15) is 8.42 Å². The van der Waals surface area contributed by atoms with Crippen molar-refractivity contribution in [3.8, 4) is 5.75 Å². The van der Waals surface area contributed by atoms with Crippen LogP contribution >= 0.6 is 0 Å².